The van der Waals surface area contributed by atoms with Crippen molar-refractivity contribution in [2.24, 2.45) is 17.3 Å². The Labute approximate surface area is 111 Å². The van der Waals surface area contributed by atoms with E-state index in [9.17, 15) is 5.11 Å². The van der Waals surface area contributed by atoms with Gasteiger partial charge in [-0.05, 0) is 76.2 Å². The van der Waals surface area contributed by atoms with E-state index in [4.69, 9.17) is 0 Å². The van der Waals surface area contributed by atoms with E-state index < -0.39 is 0 Å². The molecule has 3 heteroatoms. The maximum absolute atomic E-state index is 10.6. The molecule has 5 atom stereocenters. The zero-order valence-electron chi connectivity index (χ0n) is 11.0. The van der Waals surface area contributed by atoms with E-state index in [1.807, 2.05) is 0 Å². The fraction of sp³-hybridized carbons (Fsp3) is 1.00. The largest absolute Gasteiger partial charge is 0.390 e. The molecule has 0 aliphatic heterocycles. The Morgan fingerprint density at radius 1 is 1.24 bits per heavy atom. The molecule has 0 aromatic carbocycles. The quantitative estimate of drug-likeness (QED) is 0.817. The first kappa shape index (κ1) is 13.6. The summed E-state index contributed by atoms with van der Waals surface area (Å²) in [6.07, 6.45) is 8.71. The van der Waals surface area contributed by atoms with Crippen molar-refractivity contribution in [1.29, 1.82) is 0 Å². The number of halogens is 1. The summed E-state index contributed by atoms with van der Waals surface area (Å²) in [5.41, 5.74) is 0.193. The molecule has 4 fully saturated rings. The highest BCUT2D eigenvalue weighted by atomic mass is 35.5. The van der Waals surface area contributed by atoms with E-state index in [2.05, 4.69) is 19.3 Å². The van der Waals surface area contributed by atoms with Gasteiger partial charge in [0, 0.05) is 6.04 Å². The second-order valence-corrected chi connectivity index (χ2v) is 7.08. The molecule has 3 unspecified atom stereocenters. The van der Waals surface area contributed by atoms with E-state index in [1.54, 1.807) is 0 Å². The van der Waals surface area contributed by atoms with Crippen molar-refractivity contribution >= 4 is 12.4 Å². The number of nitrogens with one attached hydrogen (secondary N) is 1. The van der Waals surface area contributed by atoms with Crippen LogP contribution >= 0.6 is 12.4 Å². The molecule has 0 saturated heterocycles. The first-order chi connectivity index (χ1) is 7.53. The SMILES string of the molecule is CNC(C)CC12C[C@@H]3C[C@@H](CC(O)(C3)C1)C2.Cl. The van der Waals surface area contributed by atoms with Crippen molar-refractivity contribution in [2.75, 3.05) is 7.05 Å². The highest BCUT2D eigenvalue weighted by molar-refractivity contribution is 5.85. The van der Waals surface area contributed by atoms with Crippen LogP contribution in [0.15, 0.2) is 0 Å². The highest BCUT2D eigenvalue weighted by Crippen LogP contribution is 2.63. The Hall–Kier alpha value is 0.210. The van der Waals surface area contributed by atoms with Gasteiger partial charge in [0.05, 0.1) is 5.60 Å². The first-order valence-corrected chi connectivity index (χ1v) is 6.92. The lowest BCUT2D eigenvalue weighted by Crippen LogP contribution is -2.56. The Bertz CT molecular complexity index is 280. The van der Waals surface area contributed by atoms with Crippen LogP contribution in [0.3, 0.4) is 0 Å². The third-order valence-corrected chi connectivity index (χ3v) is 5.38. The van der Waals surface area contributed by atoms with Gasteiger partial charge in [-0.2, -0.15) is 0 Å². The van der Waals surface area contributed by atoms with Crippen molar-refractivity contribution in [2.45, 2.75) is 63.5 Å². The number of hydrogen-bond acceptors (Lipinski definition) is 2. The van der Waals surface area contributed by atoms with Crippen molar-refractivity contribution in [1.82, 2.24) is 5.32 Å². The normalized spacial score (nSPS) is 48.9. The van der Waals surface area contributed by atoms with Crippen molar-refractivity contribution in [3.63, 3.8) is 0 Å². The summed E-state index contributed by atoms with van der Waals surface area (Å²) in [5.74, 6) is 1.66. The Balaban J connectivity index is 0.00000108. The van der Waals surface area contributed by atoms with Gasteiger partial charge in [-0.15, -0.1) is 12.4 Å². The third-order valence-electron chi connectivity index (χ3n) is 5.38. The fourth-order valence-electron chi connectivity index (χ4n) is 5.39. The third kappa shape index (κ3) is 2.36. The van der Waals surface area contributed by atoms with Gasteiger partial charge >= 0.3 is 0 Å². The van der Waals surface area contributed by atoms with Crippen LogP contribution in [0.25, 0.3) is 0 Å². The second-order valence-electron chi connectivity index (χ2n) is 7.08. The van der Waals surface area contributed by atoms with Crippen molar-refractivity contribution < 1.29 is 5.11 Å². The Morgan fingerprint density at radius 2 is 1.82 bits per heavy atom. The molecule has 0 heterocycles. The molecular formula is C14H26ClNO. The molecule has 100 valence electrons. The highest BCUT2D eigenvalue weighted by Gasteiger charge is 2.56. The topological polar surface area (TPSA) is 32.3 Å². The minimum absolute atomic E-state index is 0. The van der Waals surface area contributed by atoms with Gasteiger partial charge in [0.2, 0.25) is 0 Å². The fourth-order valence-corrected chi connectivity index (χ4v) is 5.39. The van der Waals surface area contributed by atoms with E-state index in [-0.39, 0.29) is 18.0 Å². The predicted octanol–water partition coefficient (Wildman–Crippen LogP) is 2.74. The van der Waals surface area contributed by atoms with Gasteiger partial charge in [0.25, 0.3) is 0 Å². The summed E-state index contributed by atoms with van der Waals surface area (Å²) < 4.78 is 0. The molecule has 17 heavy (non-hydrogen) atoms. The zero-order valence-corrected chi connectivity index (χ0v) is 11.9. The zero-order chi connectivity index (χ0) is 11.4. The summed E-state index contributed by atoms with van der Waals surface area (Å²) in [6.45, 7) is 2.28. The van der Waals surface area contributed by atoms with Crippen molar-refractivity contribution in [3.05, 3.63) is 0 Å². The first-order valence-electron chi connectivity index (χ1n) is 6.92. The second kappa shape index (κ2) is 4.40. The maximum atomic E-state index is 10.6. The summed E-state index contributed by atoms with van der Waals surface area (Å²) in [6, 6.07) is 0.597. The molecular weight excluding hydrogens is 234 g/mol. The standard InChI is InChI=1S/C14H25NO.ClH/c1-10(15-2)4-13-5-11-3-12(6-13)8-14(16,7-11)9-13;/h10-12,15-16H,3-9H2,1-2H3;1H/t10?,11-,12+,13?,14?;. The number of hydrogen-bond donors (Lipinski definition) is 2. The van der Waals surface area contributed by atoms with Crippen LogP contribution < -0.4 is 5.32 Å². The van der Waals surface area contributed by atoms with Crippen LogP contribution in [-0.2, 0) is 0 Å². The molecule has 0 aromatic rings. The van der Waals surface area contributed by atoms with Crippen LogP contribution in [0.1, 0.15) is 51.9 Å². The van der Waals surface area contributed by atoms with Gasteiger partial charge in [0.1, 0.15) is 0 Å². The van der Waals surface area contributed by atoms with Crippen LogP contribution in [0.5, 0.6) is 0 Å². The van der Waals surface area contributed by atoms with E-state index in [0.717, 1.165) is 31.1 Å². The van der Waals surface area contributed by atoms with Gasteiger partial charge in [-0.25, -0.2) is 0 Å². The molecule has 0 amide bonds. The molecule has 4 aliphatic carbocycles. The lowest BCUT2D eigenvalue weighted by atomic mass is 9.47. The van der Waals surface area contributed by atoms with E-state index >= 15 is 0 Å². The van der Waals surface area contributed by atoms with Crippen LogP contribution in [-0.4, -0.2) is 23.8 Å². The van der Waals surface area contributed by atoms with Gasteiger partial charge in [0.15, 0.2) is 0 Å². The lowest BCUT2D eigenvalue weighted by molar-refractivity contribution is -0.167. The smallest absolute Gasteiger partial charge is 0.0658 e. The van der Waals surface area contributed by atoms with Crippen molar-refractivity contribution in [3.8, 4) is 0 Å². The molecule has 4 saturated carbocycles. The molecule has 0 spiro atoms. The Morgan fingerprint density at radius 3 is 2.29 bits per heavy atom. The summed E-state index contributed by atoms with van der Waals surface area (Å²) in [4.78, 5) is 0. The maximum Gasteiger partial charge on any atom is 0.0658 e. The molecule has 0 aromatic heterocycles. The van der Waals surface area contributed by atoms with Gasteiger partial charge in [-0.3, -0.25) is 0 Å². The molecule has 4 aliphatic rings. The van der Waals surface area contributed by atoms with E-state index in [1.165, 1.54) is 25.7 Å². The number of aliphatic hydroxyl groups is 1. The summed E-state index contributed by atoms with van der Waals surface area (Å²) in [7, 11) is 2.06. The summed E-state index contributed by atoms with van der Waals surface area (Å²) >= 11 is 0. The molecule has 0 radical (unpaired) electrons. The predicted molar refractivity (Wildman–Crippen MR) is 72.5 cm³/mol. The average Bonchev–Trinajstić information content (AvgIpc) is 2.12. The molecule has 2 N–H and O–H groups in total. The molecule has 2 nitrogen and oxygen atoms in total. The van der Waals surface area contributed by atoms with E-state index in [0.29, 0.717) is 11.5 Å². The number of rotatable bonds is 3. The molecule has 4 bridgehead atoms. The molecule has 4 rings (SSSR count). The average molecular weight is 260 g/mol. The lowest BCUT2D eigenvalue weighted by Gasteiger charge is -2.61. The van der Waals surface area contributed by atoms with Crippen LogP contribution in [0.4, 0.5) is 0 Å². The Kier molecular flexibility index (Phi) is 3.53. The van der Waals surface area contributed by atoms with Crippen LogP contribution in [0, 0.1) is 17.3 Å². The van der Waals surface area contributed by atoms with Gasteiger partial charge < -0.3 is 10.4 Å². The monoisotopic (exact) mass is 259 g/mol. The summed E-state index contributed by atoms with van der Waals surface area (Å²) in [5, 5.41) is 14.0. The minimum atomic E-state index is -0.280. The minimum Gasteiger partial charge on any atom is -0.390 e. The van der Waals surface area contributed by atoms with Gasteiger partial charge in [-0.1, -0.05) is 0 Å². The van der Waals surface area contributed by atoms with Crippen LogP contribution in [0.2, 0.25) is 0 Å².